The zero-order valence-electron chi connectivity index (χ0n) is 43.0. The molecule has 0 aromatic heterocycles. The first kappa shape index (κ1) is 49.9. The van der Waals surface area contributed by atoms with E-state index >= 15 is 0 Å². The quantitative estimate of drug-likeness (QED) is 0.156. The molecular formula is C74H51BrN2O2. The topological polar surface area (TPSA) is 49.4 Å². The fourth-order valence-electron chi connectivity index (χ4n) is 10.5. The Morgan fingerprint density at radius 1 is 0.253 bits per heavy atom. The van der Waals surface area contributed by atoms with Gasteiger partial charge in [-0.2, -0.15) is 0 Å². The van der Waals surface area contributed by atoms with Gasteiger partial charge in [0, 0.05) is 43.9 Å². The van der Waals surface area contributed by atoms with Crippen LogP contribution in [0.1, 0.15) is 31.8 Å². The fourth-order valence-corrected chi connectivity index (χ4v) is 11.0. The van der Waals surface area contributed by atoms with Gasteiger partial charge in [-0.05, 0) is 127 Å². The fraction of sp³-hybridized carbons (Fsp3) is 0. The zero-order chi connectivity index (χ0) is 53.5. The second kappa shape index (κ2) is 22.7. The van der Waals surface area contributed by atoms with Gasteiger partial charge in [-0.25, -0.2) is 0 Å². The molecular weight excluding hydrogens is 1030 g/mol. The van der Waals surface area contributed by atoms with Gasteiger partial charge in [-0.1, -0.05) is 259 Å². The summed E-state index contributed by atoms with van der Waals surface area (Å²) in [6.45, 7) is 0. The molecule has 0 saturated carbocycles. The Hall–Kier alpha value is -9.94. The number of anilines is 5. The first-order valence-electron chi connectivity index (χ1n) is 26.3. The first-order valence-corrected chi connectivity index (χ1v) is 27.1. The van der Waals surface area contributed by atoms with Crippen LogP contribution in [0.15, 0.2) is 308 Å². The molecule has 12 aromatic rings. The third-order valence-corrected chi connectivity index (χ3v) is 15.1. The summed E-state index contributed by atoms with van der Waals surface area (Å²) in [5, 5.41) is 3.46. The second-order valence-electron chi connectivity index (χ2n) is 19.3. The van der Waals surface area contributed by atoms with Crippen molar-refractivity contribution in [1.82, 2.24) is 0 Å². The Morgan fingerprint density at radius 2 is 0.544 bits per heavy atom. The second-order valence-corrected chi connectivity index (χ2v) is 20.1. The number of halogens is 1. The van der Waals surface area contributed by atoms with Crippen LogP contribution >= 0.6 is 15.9 Å². The van der Waals surface area contributed by atoms with E-state index in [-0.39, 0.29) is 11.6 Å². The van der Waals surface area contributed by atoms with E-state index in [0.717, 1.165) is 88.5 Å². The van der Waals surface area contributed by atoms with Gasteiger partial charge in [0.05, 0.1) is 11.3 Å². The average molecular weight is 1080 g/mol. The van der Waals surface area contributed by atoms with Gasteiger partial charge >= 0.3 is 0 Å². The van der Waals surface area contributed by atoms with Crippen LogP contribution in [0, 0.1) is 0 Å². The summed E-state index contributed by atoms with van der Waals surface area (Å²) < 4.78 is 0.876. The third-order valence-electron chi connectivity index (χ3n) is 14.4. The standard InChI is InChI=1S/C37H25NO.C24H19N.C13H7BrO/c39-37-34-15-8-7-14-32(34)33-16-9-17-35(36(33)37)38(30-22-18-28(19-23-30)26-10-3-1-4-11-26)31-24-20-29(21-25-31)27-12-5-2-6-13-27;1-3-7-19(8-4-1)21-11-15-23(16-12-21)25-24-17-13-22(14-18-24)20-9-5-2-6-10-20;14-11-7-3-6-9-8-4-1-2-5-10(8)13(15)12(9)11/h1-25H;1-18,25H;1-7H. The predicted octanol–water partition coefficient (Wildman–Crippen LogP) is 20.1. The molecule has 2 aliphatic carbocycles. The van der Waals surface area contributed by atoms with E-state index in [4.69, 9.17) is 0 Å². The molecule has 79 heavy (non-hydrogen) atoms. The monoisotopic (exact) mass is 1080 g/mol. The van der Waals surface area contributed by atoms with Crippen molar-refractivity contribution in [2.45, 2.75) is 0 Å². The highest BCUT2D eigenvalue weighted by Crippen LogP contribution is 2.46. The number of ketones is 2. The first-order chi connectivity index (χ1) is 38.9. The smallest absolute Gasteiger partial charge is 0.196 e. The van der Waals surface area contributed by atoms with Crippen molar-refractivity contribution >= 4 is 55.9 Å². The molecule has 0 amide bonds. The summed E-state index contributed by atoms with van der Waals surface area (Å²) in [5.41, 5.74) is 21.8. The molecule has 0 aliphatic heterocycles. The van der Waals surface area contributed by atoms with Crippen LogP contribution in [-0.4, -0.2) is 11.6 Å². The summed E-state index contributed by atoms with van der Waals surface area (Å²) in [6, 6.07) is 103. The molecule has 14 rings (SSSR count). The number of hydrogen-bond acceptors (Lipinski definition) is 4. The van der Waals surface area contributed by atoms with E-state index in [9.17, 15) is 9.59 Å². The normalized spacial score (nSPS) is 11.4. The highest BCUT2D eigenvalue weighted by molar-refractivity contribution is 9.10. The Balaban J connectivity index is 0.000000132. The maximum absolute atomic E-state index is 13.7. The minimum Gasteiger partial charge on any atom is -0.356 e. The van der Waals surface area contributed by atoms with Crippen molar-refractivity contribution in [3.8, 4) is 66.8 Å². The predicted molar refractivity (Wildman–Crippen MR) is 331 cm³/mol. The van der Waals surface area contributed by atoms with Crippen LogP contribution in [0.2, 0.25) is 0 Å². The van der Waals surface area contributed by atoms with E-state index in [0.29, 0.717) is 0 Å². The highest BCUT2D eigenvalue weighted by atomic mass is 79.9. The van der Waals surface area contributed by atoms with Crippen molar-refractivity contribution in [3.05, 3.63) is 330 Å². The van der Waals surface area contributed by atoms with Crippen LogP contribution in [0.3, 0.4) is 0 Å². The molecule has 0 unspecified atom stereocenters. The largest absolute Gasteiger partial charge is 0.356 e. The maximum Gasteiger partial charge on any atom is 0.196 e. The lowest BCUT2D eigenvalue weighted by Gasteiger charge is -2.27. The summed E-state index contributed by atoms with van der Waals surface area (Å²) in [5.74, 6) is 0.191. The Kier molecular flexibility index (Phi) is 14.4. The van der Waals surface area contributed by atoms with E-state index in [2.05, 4.69) is 232 Å². The SMILES string of the molecule is O=C1c2ccccc2-c2cccc(Br)c21.O=C1c2ccccc2-c2cccc(N(c3ccc(-c4ccccc4)cc3)c3ccc(-c4ccccc4)cc3)c21.c1ccc(-c2ccc(Nc3ccc(-c4ccccc4)cc3)cc2)cc1. The molecule has 0 saturated heterocycles. The van der Waals surface area contributed by atoms with E-state index < -0.39 is 0 Å². The van der Waals surface area contributed by atoms with Gasteiger partial charge in [0.25, 0.3) is 0 Å². The van der Waals surface area contributed by atoms with Crippen molar-refractivity contribution in [2.75, 3.05) is 10.2 Å². The van der Waals surface area contributed by atoms with Gasteiger partial charge in [0.15, 0.2) is 11.6 Å². The van der Waals surface area contributed by atoms with Crippen LogP contribution in [0.25, 0.3) is 66.8 Å². The summed E-state index contributed by atoms with van der Waals surface area (Å²) >= 11 is 3.43. The number of carbonyl (C=O) groups is 2. The Bertz CT molecular complexity index is 3930. The molecule has 12 aromatic carbocycles. The van der Waals surface area contributed by atoms with Gasteiger partial charge in [-0.3, -0.25) is 9.59 Å². The van der Waals surface area contributed by atoms with Gasteiger partial charge in [0.1, 0.15) is 0 Å². The van der Waals surface area contributed by atoms with E-state index in [1.54, 1.807) is 0 Å². The van der Waals surface area contributed by atoms with Crippen LogP contribution in [0.4, 0.5) is 28.4 Å². The molecule has 4 nitrogen and oxygen atoms in total. The molecule has 2 aliphatic rings. The average Bonchev–Trinajstić information content (AvgIpc) is 4.03. The van der Waals surface area contributed by atoms with Crippen LogP contribution in [0.5, 0.6) is 0 Å². The number of benzene rings is 12. The molecule has 5 heteroatoms. The summed E-state index contributed by atoms with van der Waals surface area (Å²) in [4.78, 5) is 28.0. The molecule has 0 fully saturated rings. The highest BCUT2D eigenvalue weighted by Gasteiger charge is 2.32. The molecule has 0 radical (unpaired) electrons. The number of hydrogen-bond donors (Lipinski definition) is 1. The van der Waals surface area contributed by atoms with Gasteiger partial charge in [0.2, 0.25) is 0 Å². The molecule has 0 bridgehead atoms. The minimum atomic E-state index is 0.0722. The van der Waals surface area contributed by atoms with Crippen molar-refractivity contribution in [3.63, 3.8) is 0 Å². The Labute approximate surface area is 469 Å². The number of nitrogens with one attached hydrogen (secondary N) is 1. The van der Waals surface area contributed by atoms with Crippen molar-refractivity contribution < 1.29 is 9.59 Å². The minimum absolute atomic E-state index is 0.0722. The molecule has 376 valence electrons. The summed E-state index contributed by atoms with van der Waals surface area (Å²) in [6.07, 6.45) is 0. The number of fused-ring (bicyclic) bond motifs is 6. The molecule has 0 heterocycles. The van der Waals surface area contributed by atoms with E-state index in [1.807, 2.05) is 97.1 Å². The lowest BCUT2D eigenvalue weighted by atomic mass is 10.0. The van der Waals surface area contributed by atoms with Crippen LogP contribution < -0.4 is 10.2 Å². The number of carbonyl (C=O) groups excluding carboxylic acids is 2. The van der Waals surface area contributed by atoms with E-state index in [1.165, 1.54) is 33.4 Å². The lowest BCUT2D eigenvalue weighted by Crippen LogP contribution is -2.13. The number of rotatable bonds is 9. The molecule has 0 spiro atoms. The lowest BCUT2D eigenvalue weighted by molar-refractivity contribution is 0.103. The molecule has 0 atom stereocenters. The van der Waals surface area contributed by atoms with Gasteiger partial charge < -0.3 is 10.2 Å². The van der Waals surface area contributed by atoms with Gasteiger partial charge in [-0.15, -0.1) is 0 Å². The third kappa shape index (κ3) is 10.5. The zero-order valence-corrected chi connectivity index (χ0v) is 44.6. The van der Waals surface area contributed by atoms with Crippen molar-refractivity contribution in [2.24, 2.45) is 0 Å². The van der Waals surface area contributed by atoms with Crippen molar-refractivity contribution in [1.29, 1.82) is 0 Å². The summed E-state index contributed by atoms with van der Waals surface area (Å²) in [7, 11) is 0. The number of nitrogens with zero attached hydrogens (tertiary/aromatic N) is 1. The Morgan fingerprint density at radius 3 is 0.937 bits per heavy atom. The maximum atomic E-state index is 13.7. The molecule has 1 N–H and O–H groups in total. The van der Waals surface area contributed by atoms with Crippen LogP contribution in [-0.2, 0) is 0 Å².